The molecule has 2 aromatic rings. The molecule has 1 aromatic carbocycles. The highest BCUT2D eigenvalue weighted by molar-refractivity contribution is 9.11. The van der Waals surface area contributed by atoms with Crippen LogP contribution in [0, 0.1) is 0 Å². The molecule has 2 N–H and O–H groups in total. The van der Waals surface area contributed by atoms with Crippen molar-refractivity contribution in [3.8, 4) is 0 Å². The summed E-state index contributed by atoms with van der Waals surface area (Å²) in [6, 6.07) is 12.7. The van der Waals surface area contributed by atoms with Crippen LogP contribution in [0.4, 0.5) is 5.69 Å². The van der Waals surface area contributed by atoms with E-state index >= 15 is 0 Å². The average molecular weight is 507 g/mol. The number of benzene rings is 1. The minimum Gasteiger partial charge on any atom is -0.307 e. The second-order valence-corrected chi connectivity index (χ2v) is 10.8. The van der Waals surface area contributed by atoms with Crippen molar-refractivity contribution in [1.82, 2.24) is 5.48 Å². The van der Waals surface area contributed by atoms with Crippen molar-refractivity contribution in [2.45, 2.75) is 76.7 Å². The van der Waals surface area contributed by atoms with Crippen molar-refractivity contribution in [3.05, 3.63) is 50.6 Å². The molecule has 1 aliphatic carbocycles. The number of anilines is 1. The quantitative estimate of drug-likeness (QED) is 0.218. The van der Waals surface area contributed by atoms with E-state index in [4.69, 9.17) is 5.21 Å². The molecule has 0 bridgehead atoms. The zero-order valence-electron chi connectivity index (χ0n) is 17.8. The van der Waals surface area contributed by atoms with Gasteiger partial charge in [0, 0.05) is 23.4 Å². The van der Waals surface area contributed by atoms with Crippen LogP contribution in [0.25, 0.3) is 0 Å². The molecule has 0 aliphatic heterocycles. The van der Waals surface area contributed by atoms with Gasteiger partial charge in [0.05, 0.1) is 10.3 Å². The van der Waals surface area contributed by atoms with Crippen LogP contribution < -0.4 is 10.4 Å². The Bertz CT molecular complexity index is 847. The maximum atomic E-state index is 13.1. The molecule has 5 nitrogen and oxygen atoms in total. The van der Waals surface area contributed by atoms with Gasteiger partial charge in [0.15, 0.2) is 0 Å². The van der Waals surface area contributed by atoms with Crippen molar-refractivity contribution in [2.24, 2.45) is 0 Å². The third kappa shape index (κ3) is 7.44. The molecule has 3 rings (SSSR count). The molecular formula is C24H31BrN2O3S. The lowest BCUT2D eigenvalue weighted by atomic mass is 9.84. The molecule has 1 aromatic heterocycles. The van der Waals surface area contributed by atoms with Crippen LogP contribution in [0.5, 0.6) is 0 Å². The molecule has 0 unspecified atom stereocenters. The summed E-state index contributed by atoms with van der Waals surface area (Å²) in [6.07, 6.45) is 9.37. The first kappa shape index (κ1) is 24.0. The summed E-state index contributed by atoms with van der Waals surface area (Å²) >= 11 is 5.16. The van der Waals surface area contributed by atoms with Crippen LogP contribution in [0.2, 0.25) is 0 Å². The summed E-state index contributed by atoms with van der Waals surface area (Å²) < 4.78 is 1.06. The summed E-state index contributed by atoms with van der Waals surface area (Å²) in [5, 5.41) is 8.56. The van der Waals surface area contributed by atoms with E-state index in [0.29, 0.717) is 25.3 Å². The first-order valence-corrected chi connectivity index (χ1v) is 12.7. The topological polar surface area (TPSA) is 69.6 Å². The average Bonchev–Trinajstić information content (AvgIpc) is 3.22. The highest BCUT2D eigenvalue weighted by atomic mass is 79.9. The van der Waals surface area contributed by atoms with Gasteiger partial charge in [0.25, 0.3) is 0 Å². The number of carbonyl (C=O) groups excluding carboxylic acids is 2. The molecule has 1 heterocycles. The van der Waals surface area contributed by atoms with E-state index in [-0.39, 0.29) is 18.2 Å². The maximum absolute atomic E-state index is 13.1. The Morgan fingerprint density at radius 1 is 1.00 bits per heavy atom. The van der Waals surface area contributed by atoms with E-state index in [1.807, 2.05) is 11.0 Å². The Morgan fingerprint density at radius 2 is 1.71 bits per heavy atom. The SMILES string of the molecule is O=C(CCCCCC(=O)N(Cc1ccc(Br)s1)c1ccc(C2CCCCC2)cc1)NO. The number of amides is 2. The molecule has 7 heteroatoms. The van der Waals surface area contributed by atoms with E-state index in [1.54, 1.807) is 16.8 Å². The smallest absolute Gasteiger partial charge is 0.243 e. The van der Waals surface area contributed by atoms with Crippen molar-refractivity contribution in [2.75, 3.05) is 4.90 Å². The number of nitrogens with zero attached hydrogens (tertiary/aromatic N) is 1. The number of rotatable bonds is 10. The lowest BCUT2D eigenvalue weighted by Gasteiger charge is -2.25. The molecular weight excluding hydrogens is 476 g/mol. The summed E-state index contributed by atoms with van der Waals surface area (Å²) in [4.78, 5) is 27.2. The third-order valence-electron chi connectivity index (χ3n) is 5.94. The van der Waals surface area contributed by atoms with Crippen molar-refractivity contribution in [3.63, 3.8) is 0 Å². The third-order valence-corrected chi connectivity index (χ3v) is 7.55. The normalized spacial score (nSPS) is 14.4. The molecule has 31 heavy (non-hydrogen) atoms. The van der Waals surface area contributed by atoms with E-state index in [0.717, 1.165) is 27.2 Å². The minimum atomic E-state index is -0.380. The number of nitrogens with one attached hydrogen (secondary N) is 1. The van der Waals surface area contributed by atoms with Crippen LogP contribution in [0.1, 0.15) is 80.6 Å². The molecule has 1 fully saturated rings. The second-order valence-electron chi connectivity index (χ2n) is 8.21. The first-order chi connectivity index (χ1) is 15.1. The zero-order chi connectivity index (χ0) is 22.1. The van der Waals surface area contributed by atoms with Crippen LogP contribution >= 0.6 is 27.3 Å². The van der Waals surface area contributed by atoms with Gasteiger partial charge in [-0.1, -0.05) is 37.8 Å². The fourth-order valence-electron chi connectivity index (χ4n) is 4.21. The predicted molar refractivity (Wildman–Crippen MR) is 128 cm³/mol. The van der Waals surface area contributed by atoms with Crippen LogP contribution in [0.3, 0.4) is 0 Å². The Labute approximate surface area is 196 Å². The lowest BCUT2D eigenvalue weighted by molar-refractivity contribution is -0.129. The summed E-state index contributed by atoms with van der Waals surface area (Å²) in [5.74, 6) is 0.368. The number of hydrogen-bond donors (Lipinski definition) is 2. The van der Waals surface area contributed by atoms with Gasteiger partial charge in [-0.15, -0.1) is 11.3 Å². The highest BCUT2D eigenvalue weighted by Crippen LogP contribution is 2.34. The van der Waals surface area contributed by atoms with Crippen LogP contribution in [-0.4, -0.2) is 17.0 Å². The molecule has 0 atom stereocenters. The monoisotopic (exact) mass is 506 g/mol. The summed E-state index contributed by atoms with van der Waals surface area (Å²) in [6.45, 7) is 0.560. The van der Waals surface area contributed by atoms with Gasteiger partial charge in [0.1, 0.15) is 0 Å². The number of halogens is 1. The molecule has 168 valence electrons. The van der Waals surface area contributed by atoms with Crippen molar-refractivity contribution >= 4 is 44.8 Å². The molecule has 2 amide bonds. The number of hydroxylamine groups is 1. The summed E-state index contributed by atoms with van der Waals surface area (Å²) in [7, 11) is 0. The Morgan fingerprint density at radius 3 is 2.35 bits per heavy atom. The van der Waals surface area contributed by atoms with E-state index in [1.165, 1.54) is 37.7 Å². The van der Waals surface area contributed by atoms with Gasteiger partial charge >= 0.3 is 0 Å². The lowest BCUT2D eigenvalue weighted by Crippen LogP contribution is -2.29. The number of unbranched alkanes of at least 4 members (excludes halogenated alkanes) is 2. The minimum absolute atomic E-state index is 0.0987. The molecule has 0 radical (unpaired) electrons. The molecule has 1 aliphatic rings. The number of hydrogen-bond acceptors (Lipinski definition) is 4. The van der Waals surface area contributed by atoms with Crippen LogP contribution in [0.15, 0.2) is 40.2 Å². The van der Waals surface area contributed by atoms with Crippen molar-refractivity contribution in [1.29, 1.82) is 0 Å². The Balaban J connectivity index is 1.64. The number of thiophene rings is 1. The second kappa shape index (κ2) is 12.4. The standard InChI is InChI=1S/C24H31BrN2O3S/c25-22-16-15-21(31-22)17-27(24(29)10-6-2-5-9-23(28)26-30)20-13-11-19(12-14-20)18-7-3-1-4-8-18/h11-16,18,30H,1-10,17H2,(H,26,28). The van der Waals surface area contributed by atoms with Gasteiger partial charge in [0.2, 0.25) is 11.8 Å². The fourth-order valence-corrected chi connectivity index (χ4v) is 5.68. The molecule has 1 saturated carbocycles. The zero-order valence-corrected chi connectivity index (χ0v) is 20.2. The van der Waals surface area contributed by atoms with E-state index < -0.39 is 0 Å². The van der Waals surface area contributed by atoms with E-state index in [9.17, 15) is 9.59 Å². The largest absolute Gasteiger partial charge is 0.307 e. The van der Waals surface area contributed by atoms with Crippen molar-refractivity contribution < 1.29 is 14.8 Å². The van der Waals surface area contributed by atoms with Crippen LogP contribution in [-0.2, 0) is 16.1 Å². The van der Waals surface area contributed by atoms with E-state index in [2.05, 4.69) is 46.3 Å². The first-order valence-electron chi connectivity index (χ1n) is 11.1. The van der Waals surface area contributed by atoms with Gasteiger partial charge in [-0.3, -0.25) is 14.8 Å². The number of carbonyl (C=O) groups is 2. The van der Waals surface area contributed by atoms with Gasteiger partial charge < -0.3 is 4.90 Å². The predicted octanol–water partition coefficient (Wildman–Crippen LogP) is 6.55. The highest BCUT2D eigenvalue weighted by Gasteiger charge is 2.19. The van der Waals surface area contributed by atoms with Gasteiger partial charge in [-0.2, -0.15) is 0 Å². The Hall–Kier alpha value is -1.70. The maximum Gasteiger partial charge on any atom is 0.243 e. The summed E-state index contributed by atoms with van der Waals surface area (Å²) in [5.41, 5.74) is 3.97. The molecule has 0 saturated heterocycles. The Kier molecular flexibility index (Phi) is 9.55. The molecule has 0 spiro atoms. The fraction of sp³-hybridized carbons (Fsp3) is 0.500. The van der Waals surface area contributed by atoms with Gasteiger partial charge in [-0.25, -0.2) is 5.48 Å². The van der Waals surface area contributed by atoms with Gasteiger partial charge in [-0.05, 0) is 77.4 Å².